The topological polar surface area (TPSA) is 70.9 Å². The molecule has 1 aliphatic heterocycles. The molecule has 0 aliphatic carbocycles. The van der Waals surface area contributed by atoms with Gasteiger partial charge in [-0.1, -0.05) is 24.3 Å². The van der Waals surface area contributed by atoms with Crippen molar-refractivity contribution in [2.75, 3.05) is 6.54 Å². The quantitative estimate of drug-likeness (QED) is 0.639. The van der Waals surface area contributed by atoms with E-state index in [-0.39, 0.29) is 5.84 Å². The van der Waals surface area contributed by atoms with Crippen molar-refractivity contribution in [1.82, 2.24) is 14.5 Å². The number of nitrogens with two attached hydrogens (primary N) is 1. The van der Waals surface area contributed by atoms with Crippen molar-refractivity contribution >= 4 is 5.84 Å². The van der Waals surface area contributed by atoms with E-state index < -0.39 is 0 Å². The highest BCUT2D eigenvalue weighted by Gasteiger charge is 2.16. The average molecular weight is 255 g/mol. The summed E-state index contributed by atoms with van der Waals surface area (Å²) in [5.41, 5.74) is 7.47. The Morgan fingerprint density at radius 2 is 2.05 bits per heavy atom. The van der Waals surface area contributed by atoms with E-state index in [9.17, 15) is 0 Å². The van der Waals surface area contributed by atoms with Crippen LogP contribution in [0.25, 0.3) is 0 Å². The monoisotopic (exact) mass is 255 g/mol. The van der Waals surface area contributed by atoms with Gasteiger partial charge in [-0.25, -0.2) is 4.98 Å². The Kier molecular flexibility index (Phi) is 3.05. The van der Waals surface area contributed by atoms with Gasteiger partial charge in [0.15, 0.2) is 0 Å². The lowest BCUT2D eigenvalue weighted by Crippen LogP contribution is -2.33. The number of hydrogen-bond donors (Lipinski definition) is 2. The minimum absolute atomic E-state index is 0.117. The molecular formula is C14H17N5. The third-order valence-electron chi connectivity index (χ3n) is 3.49. The maximum atomic E-state index is 7.38. The molecule has 98 valence electrons. The van der Waals surface area contributed by atoms with E-state index in [0.29, 0.717) is 0 Å². The molecule has 3 N–H and O–H groups in total. The van der Waals surface area contributed by atoms with Crippen LogP contribution in [0.3, 0.4) is 0 Å². The van der Waals surface area contributed by atoms with E-state index in [2.05, 4.69) is 14.5 Å². The van der Waals surface area contributed by atoms with Crippen LogP contribution in [0.2, 0.25) is 0 Å². The fraction of sp³-hybridized carbons (Fsp3) is 0.286. The molecule has 1 aromatic carbocycles. The van der Waals surface area contributed by atoms with Crippen molar-refractivity contribution in [2.24, 2.45) is 5.73 Å². The minimum atomic E-state index is 0.117. The number of nitrogen functional groups attached to an aromatic ring is 1. The molecule has 0 spiro atoms. The highest BCUT2D eigenvalue weighted by atomic mass is 15.2. The van der Waals surface area contributed by atoms with E-state index in [1.807, 2.05) is 36.7 Å². The molecule has 0 saturated heterocycles. The molecule has 2 heterocycles. The van der Waals surface area contributed by atoms with Crippen LogP contribution in [-0.2, 0) is 19.6 Å². The molecule has 0 amide bonds. The van der Waals surface area contributed by atoms with Crippen LogP contribution in [0.15, 0.2) is 36.7 Å². The van der Waals surface area contributed by atoms with Crippen molar-refractivity contribution < 1.29 is 0 Å². The minimum Gasteiger partial charge on any atom is -0.384 e. The number of nitrogens with zero attached hydrogens (tertiary/aromatic N) is 3. The zero-order chi connectivity index (χ0) is 13.2. The summed E-state index contributed by atoms with van der Waals surface area (Å²) in [5, 5.41) is 7.38. The van der Waals surface area contributed by atoms with Gasteiger partial charge in [0.25, 0.3) is 0 Å². The Morgan fingerprint density at radius 1 is 1.26 bits per heavy atom. The molecule has 2 aromatic rings. The predicted octanol–water partition coefficient (Wildman–Crippen LogP) is 1.18. The second kappa shape index (κ2) is 4.85. The van der Waals surface area contributed by atoms with Crippen molar-refractivity contribution in [3.8, 4) is 0 Å². The normalized spacial score (nSPS) is 15.2. The van der Waals surface area contributed by atoms with E-state index in [0.717, 1.165) is 37.6 Å². The zero-order valence-corrected chi connectivity index (χ0v) is 10.7. The second-order valence-electron chi connectivity index (χ2n) is 4.86. The zero-order valence-electron chi connectivity index (χ0n) is 10.7. The fourth-order valence-electron chi connectivity index (χ4n) is 2.41. The fourth-order valence-corrected chi connectivity index (χ4v) is 2.41. The van der Waals surface area contributed by atoms with Gasteiger partial charge in [-0.15, -0.1) is 0 Å². The standard InChI is InChI=1S/C14H17N5/c15-14(16)12-3-1-11(2-4-12)9-18-7-8-19-6-5-17-13(19)10-18/h1-6H,7-10H2,(H3,15,16). The molecule has 5 heteroatoms. The largest absolute Gasteiger partial charge is 0.384 e. The molecule has 1 aliphatic rings. The van der Waals surface area contributed by atoms with Gasteiger partial charge in [0.1, 0.15) is 11.7 Å². The summed E-state index contributed by atoms with van der Waals surface area (Å²) in [7, 11) is 0. The second-order valence-corrected chi connectivity index (χ2v) is 4.86. The summed E-state index contributed by atoms with van der Waals surface area (Å²) in [4.78, 5) is 6.74. The number of imidazole rings is 1. The molecule has 0 saturated carbocycles. The highest BCUT2D eigenvalue weighted by molar-refractivity contribution is 5.94. The van der Waals surface area contributed by atoms with E-state index >= 15 is 0 Å². The Bertz CT molecular complexity index is 584. The van der Waals surface area contributed by atoms with Gasteiger partial charge >= 0.3 is 0 Å². The lowest BCUT2D eigenvalue weighted by Gasteiger charge is -2.27. The Labute approximate surface area is 112 Å². The highest BCUT2D eigenvalue weighted by Crippen LogP contribution is 2.14. The molecule has 0 fully saturated rings. The molecule has 5 nitrogen and oxygen atoms in total. The van der Waals surface area contributed by atoms with Gasteiger partial charge in [-0.05, 0) is 5.56 Å². The van der Waals surface area contributed by atoms with Crippen LogP contribution in [0.1, 0.15) is 17.0 Å². The first-order chi connectivity index (χ1) is 9.22. The van der Waals surface area contributed by atoms with Gasteiger partial charge in [0.2, 0.25) is 0 Å². The maximum absolute atomic E-state index is 7.38. The van der Waals surface area contributed by atoms with Gasteiger partial charge in [-0.2, -0.15) is 0 Å². The molecule has 19 heavy (non-hydrogen) atoms. The van der Waals surface area contributed by atoms with Crippen molar-refractivity contribution in [3.05, 3.63) is 53.6 Å². The molecule has 0 radical (unpaired) electrons. The summed E-state index contributed by atoms with van der Waals surface area (Å²) in [6, 6.07) is 7.89. The summed E-state index contributed by atoms with van der Waals surface area (Å²) in [6.07, 6.45) is 3.90. The third kappa shape index (κ3) is 2.51. The van der Waals surface area contributed by atoms with Crippen LogP contribution in [0, 0.1) is 5.41 Å². The Hall–Kier alpha value is -2.14. The van der Waals surface area contributed by atoms with Gasteiger partial charge in [0.05, 0.1) is 6.54 Å². The van der Waals surface area contributed by atoms with Gasteiger partial charge in [0, 0.05) is 37.6 Å². The van der Waals surface area contributed by atoms with Crippen LogP contribution in [0.4, 0.5) is 0 Å². The number of rotatable bonds is 3. The molecule has 3 rings (SSSR count). The summed E-state index contributed by atoms with van der Waals surface area (Å²) in [6.45, 7) is 3.84. The predicted molar refractivity (Wildman–Crippen MR) is 73.8 cm³/mol. The Morgan fingerprint density at radius 3 is 2.79 bits per heavy atom. The maximum Gasteiger partial charge on any atom is 0.122 e. The molecular weight excluding hydrogens is 238 g/mol. The van der Waals surface area contributed by atoms with E-state index in [1.165, 1.54) is 5.56 Å². The first kappa shape index (κ1) is 11.9. The van der Waals surface area contributed by atoms with E-state index in [4.69, 9.17) is 11.1 Å². The van der Waals surface area contributed by atoms with Crippen molar-refractivity contribution in [1.29, 1.82) is 5.41 Å². The molecule has 0 unspecified atom stereocenters. The molecule has 1 aromatic heterocycles. The average Bonchev–Trinajstić information content (AvgIpc) is 2.87. The third-order valence-corrected chi connectivity index (χ3v) is 3.49. The van der Waals surface area contributed by atoms with Crippen molar-refractivity contribution in [3.63, 3.8) is 0 Å². The van der Waals surface area contributed by atoms with Crippen LogP contribution in [-0.4, -0.2) is 26.8 Å². The Balaban J connectivity index is 1.68. The number of amidine groups is 1. The lowest BCUT2D eigenvalue weighted by atomic mass is 10.1. The number of aromatic nitrogens is 2. The first-order valence-corrected chi connectivity index (χ1v) is 6.38. The van der Waals surface area contributed by atoms with Gasteiger partial charge < -0.3 is 10.3 Å². The smallest absolute Gasteiger partial charge is 0.122 e. The van der Waals surface area contributed by atoms with Gasteiger partial charge in [-0.3, -0.25) is 10.3 Å². The molecule has 0 atom stereocenters. The van der Waals surface area contributed by atoms with E-state index in [1.54, 1.807) is 0 Å². The van der Waals surface area contributed by atoms with Crippen LogP contribution in [0.5, 0.6) is 0 Å². The molecule has 0 bridgehead atoms. The van der Waals surface area contributed by atoms with Crippen LogP contribution < -0.4 is 5.73 Å². The summed E-state index contributed by atoms with van der Waals surface area (Å²) in [5.74, 6) is 1.25. The number of fused-ring (bicyclic) bond motifs is 1. The van der Waals surface area contributed by atoms with Crippen molar-refractivity contribution in [2.45, 2.75) is 19.6 Å². The summed E-state index contributed by atoms with van der Waals surface area (Å²) >= 11 is 0. The number of benzene rings is 1. The SMILES string of the molecule is N=C(N)c1ccc(CN2CCn3ccnc3C2)cc1. The number of hydrogen-bond acceptors (Lipinski definition) is 3. The van der Waals surface area contributed by atoms with Crippen LogP contribution >= 0.6 is 0 Å². The summed E-state index contributed by atoms with van der Waals surface area (Å²) < 4.78 is 2.20. The lowest BCUT2D eigenvalue weighted by molar-refractivity contribution is 0.209. The first-order valence-electron chi connectivity index (χ1n) is 6.38. The number of nitrogens with one attached hydrogen (secondary N) is 1.